The van der Waals surface area contributed by atoms with E-state index in [1.54, 1.807) is 6.26 Å². The Morgan fingerprint density at radius 1 is 1.59 bits per heavy atom. The van der Waals surface area contributed by atoms with E-state index < -0.39 is 18.2 Å². The normalized spacial score (nSPS) is 14.2. The molecule has 94 valence electrons. The number of esters is 1. The Bertz CT molecular complexity index is 418. The van der Waals surface area contributed by atoms with Crippen LogP contribution in [0, 0.1) is 0 Å². The fraction of sp³-hybridized carbons (Fsp3) is 0.444. The maximum atomic E-state index is 11.0. The van der Waals surface area contributed by atoms with Gasteiger partial charge in [0.25, 0.3) is 0 Å². The number of hydrogen-bond acceptors (Lipinski definition) is 7. The van der Waals surface area contributed by atoms with Crippen LogP contribution >= 0.6 is 23.4 Å². The van der Waals surface area contributed by atoms with Crippen molar-refractivity contribution < 1.29 is 19.7 Å². The van der Waals surface area contributed by atoms with Gasteiger partial charge in [0.05, 0.1) is 7.11 Å². The molecule has 1 aromatic heterocycles. The van der Waals surface area contributed by atoms with Gasteiger partial charge < -0.3 is 14.9 Å². The van der Waals surface area contributed by atoms with Gasteiger partial charge in [-0.05, 0) is 6.26 Å². The van der Waals surface area contributed by atoms with Gasteiger partial charge in [0.1, 0.15) is 11.3 Å². The summed E-state index contributed by atoms with van der Waals surface area (Å²) in [5.74, 6) is -0.956. The Kier molecular flexibility index (Phi) is 5.13. The van der Waals surface area contributed by atoms with Gasteiger partial charge in [0, 0.05) is 11.8 Å². The summed E-state index contributed by atoms with van der Waals surface area (Å²) in [5, 5.41) is 19.6. The summed E-state index contributed by atoms with van der Waals surface area (Å²) in [5.41, 5.74) is 0.0716. The smallest absolute Gasteiger partial charge is 0.337 e. The second-order valence-electron chi connectivity index (χ2n) is 3.02. The van der Waals surface area contributed by atoms with Crippen LogP contribution in [0.1, 0.15) is 11.7 Å². The maximum Gasteiger partial charge on any atom is 0.337 e. The van der Waals surface area contributed by atoms with Gasteiger partial charge in [-0.2, -0.15) is 0 Å². The summed E-state index contributed by atoms with van der Waals surface area (Å²) < 4.78 is 4.30. The number of rotatable bonds is 4. The predicted molar refractivity (Wildman–Crippen MR) is 61.8 cm³/mol. The van der Waals surface area contributed by atoms with E-state index in [9.17, 15) is 15.0 Å². The second-order valence-corrected chi connectivity index (χ2v) is 4.15. The molecule has 0 spiro atoms. The lowest BCUT2D eigenvalue weighted by molar-refractivity contribution is -0.156. The molecule has 2 N–H and O–H groups in total. The number of hydrogen-bond donors (Lipinski definition) is 2. The molecular formula is C9H11ClN2O4S. The third kappa shape index (κ3) is 3.29. The van der Waals surface area contributed by atoms with Crippen LogP contribution in [0.15, 0.2) is 11.4 Å². The van der Waals surface area contributed by atoms with Gasteiger partial charge in [0.2, 0.25) is 0 Å². The number of aliphatic hydroxyl groups is 2. The molecule has 8 heteroatoms. The highest BCUT2D eigenvalue weighted by Gasteiger charge is 2.28. The summed E-state index contributed by atoms with van der Waals surface area (Å²) in [7, 11) is 1.10. The van der Waals surface area contributed by atoms with Crippen LogP contribution in [0.25, 0.3) is 0 Å². The van der Waals surface area contributed by atoms with Crippen LogP contribution in [0.5, 0.6) is 0 Å². The van der Waals surface area contributed by atoms with Crippen molar-refractivity contribution in [3.63, 3.8) is 0 Å². The van der Waals surface area contributed by atoms with Crippen LogP contribution in [0.3, 0.4) is 0 Å². The molecule has 0 saturated heterocycles. The van der Waals surface area contributed by atoms with Crippen LogP contribution in [0.4, 0.5) is 0 Å². The van der Waals surface area contributed by atoms with Crippen molar-refractivity contribution in [2.45, 2.75) is 17.4 Å². The van der Waals surface area contributed by atoms with Crippen molar-refractivity contribution in [1.82, 2.24) is 9.97 Å². The lowest BCUT2D eigenvalue weighted by atomic mass is 10.1. The summed E-state index contributed by atoms with van der Waals surface area (Å²) in [6, 6.07) is 0. The van der Waals surface area contributed by atoms with Gasteiger partial charge in [-0.3, -0.25) is 0 Å². The third-order valence-electron chi connectivity index (χ3n) is 1.99. The maximum absolute atomic E-state index is 11.0. The second kappa shape index (κ2) is 6.15. The van der Waals surface area contributed by atoms with Gasteiger partial charge >= 0.3 is 5.97 Å². The van der Waals surface area contributed by atoms with Crippen LogP contribution in [-0.4, -0.2) is 45.6 Å². The first-order valence-electron chi connectivity index (χ1n) is 4.51. The Hall–Kier alpha value is -0.890. The molecule has 0 fully saturated rings. The SMILES string of the molecule is COC(=O)C(O)C(O)c1cnc(SC)nc1Cl. The molecule has 0 aliphatic rings. The Balaban J connectivity index is 2.96. The van der Waals surface area contributed by atoms with Crippen molar-refractivity contribution in [2.24, 2.45) is 0 Å². The van der Waals surface area contributed by atoms with E-state index in [4.69, 9.17) is 11.6 Å². The van der Waals surface area contributed by atoms with E-state index >= 15 is 0 Å². The monoisotopic (exact) mass is 278 g/mol. The zero-order valence-electron chi connectivity index (χ0n) is 9.12. The van der Waals surface area contributed by atoms with Crippen LogP contribution in [-0.2, 0) is 9.53 Å². The van der Waals surface area contributed by atoms with Crippen LogP contribution < -0.4 is 0 Å². The van der Waals surface area contributed by atoms with E-state index in [0.717, 1.165) is 7.11 Å². The predicted octanol–water partition coefficient (Wildman–Crippen LogP) is 0.419. The van der Waals surface area contributed by atoms with Crippen molar-refractivity contribution in [2.75, 3.05) is 13.4 Å². The molecule has 0 saturated carbocycles. The number of aromatic nitrogens is 2. The number of ether oxygens (including phenoxy) is 1. The number of halogens is 1. The minimum absolute atomic E-state index is 0.0141. The van der Waals surface area contributed by atoms with Crippen molar-refractivity contribution in [3.05, 3.63) is 16.9 Å². The average Bonchev–Trinajstić information content (AvgIpc) is 2.35. The lowest BCUT2D eigenvalue weighted by Gasteiger charge is -2.16. The largest absolute Gasteiger partial charge is 0.467 e. The number of methoxy groups -OCH3 is 1. The summed E-state index contributed by atoms with van der Waals surface area (Å²) in [6.07, 6.45) is -0.213. The van der Waals surface area contributed by atoms with Gasteiger partial charge in [-0.1, -0.05) is 23.4 Å². The molecular weight excluding hydrogens is 268 g/mol. The molecule has 0 bridgehead atoms. The Morgan fingerprint density at radius 2 is 2.24 bits per heavy atom. The average molecular weight is 279 g/mol. The number of nitrogens with zero attached hydrogens (tertiary/aromatic N) is 2. The first-order chi connectivity index (χ1) is 8.01. The van der Waals surface area contributed by atoms with Crippen molar-refractivity contribution >= 4 is 29.3 Å². The number of thioether (sulfide) groups is 1. The molecule has 0 aromatic carbocycles. The Labute approximate surface area is 107 Å². The summed E-state index contributed by atoms with van der Waals surface area (Å²) in [6.45, 7) is 0. The highest BCUT2D eigenvalue weighted by atomic mass is 35.5. The molecule has 1 heterocycles. The van der Waals surface area contributed by atoms with Crippen molar-refractivity contribution in [3.8, 4) is 0 Å². The minimum atomic E-state index is -1.72. The number of carbonyl (C=O) groups excluding carboxylic acids is 1. The molecule has 1 rings (SSSR count). The molecule has 0 radical (unpaired) electrons. The van der Waals surface area contributed by atoms with Gasteiger partial charge in [0.15, 0.2) is 11.3 Å². The minimum Gasteiger partial charge on any atom is -0.467 e. The molecule has 6 nitrogen and oxygen atoms in total. The quantitative estimate of drug-likeness (QED) is 0.357. The molecule has 17 heavy (non-hydrogen) atoms. The standard InChI is InChI=1S/C9H11ClN2O4S/c1-16-8(15)6(14)5(13)4-3-11-9(17-2)12-7(4)10/h3,5-6,13-14H,1-2H3. The van der Waals surface area contributed by atoms with E-state index in [2.05, 4.69) is 14.7 Å². The third-order valence-corrected chi connectivity index (χ3v) is 2.85. The number of aliphatic hydroxyl groups excluding tert-OH is 2. The van der Waals surface area contributed by atoms with Gasteiger partial charge in [-0.15, -0.1) is 0 Å². The zero-order valence-corrected chi connectivity index (χ0v) is 10.7. The Morgan fingerprint density at radius 3 is 2.71 bits per heavy atom. The van der Waals surface area contributed by atoms with Crippen molar-refractivity contribution in [1.29, 1.82) is 0 Å². The molecule has 1 aromatic rings. The van der Waals surface area contributed by atoms with E-state index in [0.29, 0.717) is 5.16 Å². The molecule has 0 amide bonds. The summed E-state index contributed by atoms with van der Waals surface area (Å²) >= 11 is 7.09. The topological polar surface area (TPSA) is 92.5 Å². The van der Waals surface area contributed by atoms with Crippen LogP contribution in [0.2, 0.25) is 5.15 Å². The van der Waals surface area contributed by atoms with Gasteiger partial charge in [-0.25, -0.2) is 14.8 Å². The zero-order chi connectivity index (χ0) is 13.0. The number of carbonyl (C=O) groups is 1. The van der Waals surface area contributed by atoms with E-state index in [-0.39, 0.29) is 10.7 Å². The lowest BCUT2D eigenvalue weighted by Crippen LogP contribution is -2.29. The fourth-order valence-corrected chi connectivity index (χ4v) is 1.70. The highest BCUT2D eigenvalue weighted by Crippen LogP contribution is 2.25. The summed E-state index contributed by atoms with van der Waals surface area (Å²) in [4.78, 5) is 18.8. The first-order valence-corrected chi connectivity index (χ1v) is 6.12. The van der Waals surface area contributed by atoms with E-state index in [1.165, 1.54) is 18.0 Å². The van der Waals surface area contributed by atoms with E-state index in [1.807, 2.05) is 0 Å². The highest BCUT2D eigenvalue weighted by molar-refractivity contribution is 7.98. The molecule has 2 atom stereocenters. The molecule has 0 aliphatic heterocycles. The fourth-order valence-electron chi connectivity index (χ4n) is 1.07. The molecule has 0 aliphatic carbocycles. The first kappa shape index (κ1) is 14.2. The molecule has 2 unspecified atom stereocenters.